The van der Waals surface area contributed by atoms with Crippen LogP contribution in [0.2, 0.25) is 5.02 Å². The number of benzene rings is 1. The average molecular weight is 375 g/mol. The number of aromatic nitrogens is 2. The van der Waals surface area contributed by atoms with Gasteiger partial charge in [-0.05, 0) is 24.1 Å². The molecule has 0 spiro atoms. The van der Waals surface area contributed by atoms with Crippen molar-refractivity contribution in [2.24, 2.45) is 11.1 Å². The van der Waals surface area contributed by atoms with E-state index in [4.69, 9.17) is 17.3 Å². The number of hydrogen-bond acceptors (Lipinski definition) is 3. The molecule has 2 N–H and O–H groups in total. The van der Waals surface area contributed by atoms with E-state index in [9.17, 15) is 9.59 Å². The van der Waals surface area contributed by atoms with E-state index in [0.29, 0.717) is 37.5 Å². The van der Waals surface area contributed by atoms with E-state index in [0.717, 1.165) is 17.8 Å². The molecule has 2 aromatic rings. The fraction of sp³-hybridized carbons (Fsp3) is 0.421. The molecule has 0 aliphatic carbocycles. The van der Waals surface area contributed by atoms with Gasteiger partial charge >= 0.3 is 0 Å². The molecule has 0 atom stereocenters. The van der Waals surface area contributed by atoms with Crippen LogP contribution in [0.25, 0.3) is 0 Å². The molecule has 6 nitrogen and oxygen atoms in total. The van der Waals surface area contributed by atoms with E-state index >= 15 is 0 Å². The normalized spacial score (nSPS) is 15.5. The number of rotatable bonds is 7. The van der Waals surface area contributed by atoms with Crippen molar-refractivity contribution >= 4 is 23.4 Å². The molecule has 1 aliphatic heterocycles. The van der Waals surface area contributed by atoms with E-state index in [2.05, 4.69) is 4.98 Å². The summed E-state index contributed by atoms with van der Waals surface area (Å²) in [5.74, 6) is 0.642. The monoisotopic (exact) mass is 374 g/mol. The Hall–Kier alpha value is -2.34. The van der Waals surface area contributed by atoms with E-state index in [-0.39, 0.29) is 11.8 Å². The Morgan fingerprint density at radius 1 is 1.27 bits per heavy atom. The van der Waals surface area contributed by atoms with Gasteiger partial charge in [0.2, 0.25) is 11.8 Å². The predicted molar refractivity (Wildman–Crippen MR) is 99.6 cm³/mol. The summed E-state index contributed by atoms with van der Waals surface area (Å²) in [6.07, 6.45) is 5.37. The molecule has 3 rings (SSSR count). The van der Waals surface area contributed by atoms with Crippen molar-refractivity contribution < 1.29 is 9.59 Å². The summed E-state index contributed by atoms with van der Waals surface area (Å²) in [7, 11) is 0. The van der Waals surface area contributed by atoms with Gasteiger partial charge < -0.3 is 15.2 Å². The second-order valence-corrected chi connectivity index (χ2v) is 7.27. The van der Waals surface area contributed by atoms with Crippen molar-refractivity contribution in [3.8, 4) is 0 Å². The smallest absolute Gasteiger partial charge is 0.227 e. The summed E-state index contributed by atoms with van der Waals surface area (Å²) < 4.78 is 1.99. The van der Waals surface area contributed by atoms with Crippen LogP contribution in [0.15, 0.2) is 36.7 Å². The van der Waals surface area contributed by atoms with Crippen LogP contribution in [0.5, 0.6) is 0 Å². The third-order valence-corrected chi connectivity index (χ3v) is 5.25. The number of aryl methyl sites for hydroxylation is 2. The molecule has 2 heterocycles. The number of carbonyl (C=O) groups is 2. The maximum Gasteiger partial charge on any atom is 0.227 e. The Kier molecular flexibility index (Phi) is 5.32. The highest BCUT2D eigenvalue weighted by Crippen LogP contribution is 2.34. The maximum absolute atomic E-state index is 12.5. The lowest BCUT2D eigenvalue weighted by atomic mass is 9.74. The average Bonchev–Trinajstić information content (AvgIpc) is 3.04. The predicted octanol–water partition coefficient (Wildman–Crippen LogP) is 2.05. The van der Waals surface area contributed by atoms with Crippen LogP contribution >= 0.6 is 11.6 Å². The van der Waals surface area contributed by atoms with E-state index in [1.165, 1.54) is 0 Å². The van der Waals surface area contributed by atoms with Gasteiger partial charge in [0.25, 0.3) is 0 Å². The molecule has 0 saturated carbocycles. The highest BCUT2D eigenvalue weighted by Gasteiger charge is 2.49. The minimum Gasteiger partial charge on any atom is -0.369 e. The zero-order valence-electron chi connectivity index (χ0n) is 14.8. The van der Waals surface area contributed by atoms with Gasteiger partial charge in [-0.15, -0.1) is 0 Å². The minimum atomic E-state index is -0.687. The number of likely N-dealkylation sites (tertiary alicyclic amines) is 1. The Morgan fingerprint density at radius 2 is 1.96 bits per heavy atom. The third-order valence-electron chi connectivity index (χ3n) is 5.00. The number of primary amides is 1. The summed E-state index contributed by atoms with van der Waals surface area (Å²) in [6, 6.07) is 7.37. The molecule has 0 bridgehead atoms. The van der Waals surface area contributed by atoms with Crippen LogP contribution in [0, 0.1) is 5.41 Å². The van der Waals surface area contributed by atoms with Crippen molar-refractivity contribution in [2.75, 3.05) is 13.1 Å². The first-order valence-electron chi connectivity index (χ1n) is 8.75. The van der Waals surface area contributed by atoms with Gasteiger partial charge in [-0.2, -0.15) is 0 Å². The third kappa shape index (κ3) is 3.75. The number of nitrogens with two attached hydrogens (primary N) is 1. The number of carbonyl (C=O) groups excluding carboxylic acids is 2. The number of nitrogens with zero attached hydrogens (tertiary/aromatic N) is 3. The van der Waals surface area contributed by atoms with E-state index in [1.54, 1.807) is 23.2 Å². The Bertz CT molecular complexity index is 794. The lowest BCUT2D eigenvalue weighted by Crippen LogP contribution is -2.65. The van der Waals surface area contributed by atoms with Gasteiger partial charge in [-0.1, -0.05) is 30.7 Å². The first kappa shape index (κ1) is 18.5. The second-order valence-electron chi connectivity index (χ2n) is 6.84. The molecule has 7 heteroatoms. The van der Waals surface area contributed by atoms with Crippen molar-refractivity contribution in [1.29, 1.82) is 0 Å². The number of imidazole rings is 1. The second kappa shape index (κ2) is 7.50. The zero-order chi connectivity index (χ0) is 18.7. The Labute approximate surface area is 157 Å². The van der Waals surface area contributed by atoms with Gasteiger partial charge in [0.05, 0.1) is 5.41 Å². The molecule has 1 aromatic carbocycles. The van der Waals surface area contributed by atoms with Crippen LogP contribution in [0.3, 0.4) is 0 Å². The number of amides is 2. The van der Waals surface area contributed by atoms with Crippen LogP contribution in [-0.2, 0) is 29.0 Å². The Balaban J connectivity index is 1.58. The quantitative estimate of drug-likeness (QED) is 0.805. The van der Waals surface area contributed by atoms with Crippen molar-refractivity contribution in [3.05, 3.63) is 53.1 Å². The van der Waals surface area contributed by atoms with Crippen LogP contribution in [-0.4, -0.2) is 39.4 Å². The fourth-order valence-electron chi connectivity index (χ4n) is 3.44. The molecule has 1 saturated heterocycles. The SMILES string of the molecule is CCc1nccn1CCC(=O)N1CC(Cc2ccc(Cl)cc2)(C(N)=O)C1. The van der Waals surface area contributed by atoms with Crippen molar-refractivity contribution in [1.82, 2.24) is 14.5 Å². The molecule has 1 aliphatic rings. The molecule has 0 radical (unpaired) electrons. The molecular weight excluding hydrogens is 352 g/mol. The van der Waals surface area contributed by atoms with Gasteiger partial charge in [-0.25, -0.2) is 4.98 Å². The van der Waals surface area contributed by atoms with E-state index in [1.807, 2.05) is 29.8 Å². The Morgan fingerprint density at radius 3 is 2.58 bits per heavy atom. The topological polar surface area (TPSA) is 81.2 Å². The molecule has 1 fully saturated rings. The van der Waals surface area contributed by atoms with Gasteiger partial charge in [0.15, 0.2) is 0 Å². The highest BCUT2D eigenvalue weighted by molar-refractivity contribution is 6.30. The van der Waals surface area contributed by atoms with Crippen LogP contribution in [0.1, 0.15) is 24.7 Å². The van der Waals surface area contributed by atoms with Crippen molar-refractivity contribution in [3.63, 3.8) is 0 Å². The maximum atomic E-state index is 12.5. The van der Waals surface area contributed by atoms with Crippen LogP contribution in [0.4, 0.5) is 0 Å². The van der Waals surface area contributed by atoms with Crippen molar-refractivity contribution in [2.45, 2.75) is 32.7 Å². The number of halogens is 1. The van der Waals surface area contributed by atoms with E-state index < -0.39 is 5.41 Å². The lowest BCUT2D eigenvalue weighted by Gasteiger charge is -2.48. The molecule has 26 heavy (non-hydrogen) atoms. The molecule has 1 aromatic heterocycles. The minimum absolute atomic E-state index is 0.0359. The molecular formula is C19H23ClN4O2. The molecule has 2 amide bonds. The zero-order valence-corrected chi connectivity index (χ0v) is 15.6. The first-order chi connectivity index (χ1) is 12.4. The standard InChI is InChI=1S/C19H23ClN4O2/c1-2-16-22-8-10-23(16)9-7-17(25)24-12-19(13-24,18(21)26)11-14-3-5-15(20)6-4-14/h3-6,8,10H,2,7,9,11-13H2,1H3,(H2,21,26). The van der Waals surface area contributed by atoms with Gasteiger partial charge in [0.1, 0.15) is 5.82 Å². The first-order valence-corrected chi connectivity index (χ1v) is 9.13. The summed E-state index contributed by atoms with van der Waals surface area (Å²) in [6.45, 7) is 3.37. The number of hydrogen-bond donors (Lipinski definition) is 1. The summed E-state index contributed by atoms with van der Waals surface area (Å²) in [5, 5.41) is 0.651. The highest BCUT2D eigenvalue weighted by atomic mass is 35.5. The summed E-state index contributed by atoms with van der Waals surface area (Å²) in [5.41, 5.74) is 5.95. The largest absolute Gasteiger partial charge is 0.369 e. The van der Waals surface area contributed by atoms with Crippen LogP contribution < -0.4 is 5.73 Å². The lowest BCUT2D eigenvalue weighted by molar-refractivity contribution is -0.151. The van der Waals surface area contributed by atoms with Gasteiger partial charge in [-0.3, -0.25) is 9.59 Å². The molecule has 138 valence electrons. The molecule has 0 unspecified atom stereocenters. The van der Waals surface area contributed by atoms with Gasteiger partial charge in [0, 0.05) is 49.9 Å². The summed E-state index contributed by atoms with van der Waals surface area (Å²) >= 11 is 5.91. The summed E-state index contributed by atoms with van der Waals surface area (Å²) in [4.78, 5) is 30.4. The fourth-order valence-corrected chi connectivity index (χ4v) is 3.57.